The molecule has 1 saturated heterocycles. The SMILES string of the molecule is O=C(O)C1CSCN1C(=O)c1sccc1-c1ccccc1. The third-order valence-corrected chi connectivity index (χ3v) is 5.29. The molecule has 1 aliphatic rings. The first kappa shape index (κ1) is 14.2. The molecule has 3 rings (SSSR count). The molecule has 21 heavy (non-hydrogen) atoms. The van der Waals surface area contributed by atoms with Crippen molar-refractivity contribution in [2.45, 2.75) is 6.04 Å². The van der Waals surface area contributed by atoms with Crippen LogP contribution in [0, 0.1) is 0 Å². The monoisotopic (exact) mass is 319 g/mol. The van der Waals surface area contributed by atoms with E-state index in [1.54, 1.807) is 0 Å². The van der Waals surface area contributed by atoms with Crippen molar-refractivity contribution >= 4 is 35.0 Å². The zero-order chi connectivity index (χ0) is 14.8. The number of benzene rings is 1. The van der Waals surface area contributed by atoms with Crippen molar-refractivity contribution in [2.75, 3.05) is 11.6 Å². The van der Waals surface area contributed by atoms with Crippen LogP contribution in [0.4, 0.5) is 0 Å². The molecule has 1 aromatic heterocycles. The van der Waals surface area contributed by atoms with Crippen molar-refractivity contribution in [3.63, 3.8) is 0 Å². The van der Waals surface area contributed by atoms with Crippen LogP contribution in [0.1, 0.15) is 9.67 Å². The van der Waals surface area contributed by atoms with Crippen LogP contribution >= 0.6 is 23.1 Å². The molecule has 0 saturated carbocycles. The summed E-state index contributed by atoms with van der Waals surface area (Å²) >= 11 is 2.83. The maximum atomic E-state index is 12.7. The molecule has 1 atom stereocenters. The van der Waals surface area contributed by atoms with E-state index in [1.165, 1.54) is 28.0 Å². The molecular formula is C15H13NO3S2. The second kappa shape index (κ2) is 5.91. The van der Waals surface area contributed by atoms with E-state index in [-0.39, 0.29) is 5.91 Å². The predicted molar refractivity (Wildman–Crippen MR) is 84.7 cm³/mol. The Labute approximate surface area is 130 Å². The highest BCUT2D eigenvalue weighted by atomic mass is 32.2. The smallest absolute Gasteiger partial charge is 0.327 e. The second-order valence-electron chi connectivity index (χ2n) is 4.66. The maximum Gasteiger partial charge on any atom is 0.327 e. The minimum absolute atomic E-state index is 0.193. The van der Waals surface area contributed by atoms with Gasteiger partial charge in [-0.05, 0) is 17.0 Å². The Hall–Kier alpha value is -1.79. The highest BCUT2D eigenvalue weighted by molar-refractivity contribution is 7.99. The summed E-state index contributed by atoms with van der Waals surface area (Å²) in [6.45, 7) is 0. The van der Waals surface area contributed by atoms with Crippen molar-refractivity contribution < 1.29 is 14.7 Å². The molecule has 2 heterocycles. The average molecular weight is 319 g/mol. The molecule has 1 amide bonds. The average Bonchev–Trinajstić information content (AvgIpc) is 3.16. The van der Waals surface area contributed by atoms with Gasteiger partial charge in [-0.1, -0.05) is 30.3 Å². The van der Waals surface area contributed by atoms with Gasteiger partial charge < -0.3 is 10.0 Å². The maximum absolute atomic E-state index is 12.7. The third kappa shape index (κ3) is 2.69. The minimum Gasteiger partial charge on any atom is -0.480 e. The second-order valence-corrected chi connectivity index (χ2v) is 6.57. The van der Waals surface area contributed by atoms with Crippen LogP contribution in [0.5, 0.6) is 0 Å². The molecule has 4 nitrogen and oxygen atoms in total. The van der Waals surface area contributed by atoms with Crippen molar-refractivity contribution in [3.05, 3.63) is 46.7 Å². The summed E-state index contributed by atoms with van der Waals surface area (Å²) in [4.78, 5) is 26.0. The lowest BCUT2D eigenvalue weighted by molar-refractivity contribution is -0.140. The largest absolute Gasteiger partial charge is 0.480 e. The summed E-state index contributed by atoms with van der Waals surface area (Å²) in [5, 5.41) is 11.1. The Balaban J connectivity index is 1.93. The highest BCUT2D eigenvalue weighted by Crippen LogP contribution is 2.32. The molecule has 0 aliphatic carbocycles. The van der Waals surface area contributed by atoms with E-state index < -0.39 is 12.0 Å². The molecule has 0 radical (unpaired) electrons. The number of carbonyl (C=O) groups is 2. The zero-order valence-electron chi connectivity index (χ0n) is 11.1. The van der Waals surface area contributed by atoms with Gasteiger partial charge in [0.1, 0.15) is 6.04 Å². The number of aliphatic carboxylic acids is 1. The van der Waals surface area contributed by atoms with E-state index >= 15 is 0 Å². The molecular weight excluding hydrogens is 306 g/mol. The lowest BCUT2D eigenvalue weighted by Crippen LogP contribution is -2.41. The van der Waals surface area contributed by atoms with Gasteiger partial charge in [-0.25, -0.2) is 4.79 Å². The van der Waals surface area contributed by atoms with Gasteiger partial charge in [0.15, 0.2) is 0 Å². The quantitative estimate of drug-likeness (QED) is 0.945. The van der Waals surface area contributed by atoms with Crippen LogP contribution in [0.2, 0.25) is 0 Å². The predicted octanol–water partition coefficient (Wildman–Crippen LogP) is 3.01. The number of carboxylic acid groups (broad SMARTS) is 1. The number of hydrogen-bond acceptors (Lipinski definition) is 4. The van der Waals surface area contributed by atoms with Crippen LogP contribution in [0.3, 0.4) is 0 Å². The molecule has 0 spiro atoms. The summed E-state index contributed by atoms with van der Waals surface area (Å²) in [6.07, 6.45) is 0. The van der Waals surface area contributed by atoms with Gasteiger partial charge in [0.25, 0.3) is 5.91 Å². The first-order chi connectivity index (χ1) is 10.2. The summed E-state index contributed by atoms with van der Waals surface area (Å²) in [6, 6.07) is 10.9. The third-order valence-electron chi connectivity index (χ3n) is 3.37. The molecule has 1 aromatic carbocycles. The molecule has 0 bridgehead atoms. The fourth-order valence-corrected chi connectivity index (χ4v) is 4.31. The topological polar surface area (TPSA) is 57.6 Å². The molecule has 1 fully saturated rings. The number of thioether (sulfide) groups is 1. The molecule has 108 valence electrons. The first-order valence-electron chi connectivity index (χ1n) is 6.43. The van der Waals surface area contributed by atoms with Gasteiger partial charge in [-0.2, -0.15) is 0 Å². The Kier molecular flexibility index (Phi) is 3.98. The summed E-state index contributed by atoms with van der Waals surface area (Å²) < 4.78 is 0. The fraction of sp³-hybridized carbons (Fsp3) is 0.200. The van der Waals surface area contributed by atoms with Crippen molar-refractivity contribution in [3.8, 4) is 11.1 Å². The van der Waals surface area contributed by atoms with Gasteiger partial charge in [-0.15, -0.1) is 23.1 Å². The Morgan fingerprint density at radius 2 is 1.95 bits per heavy atom. The van der Waals surface area contributed by atoms with Crippen molar-refractivity contribution in [2.24, 2.45) is 0 Å². The molecule has 1 unspecified atom stereocenters. The highest BCUT2D eigenvalue weighted by Gasteiger charge is 2.36. The number of nitrogens with zero attached hydrogens (tertiary/aromatic N) is 1. The van der Waals surface area contributed by atoms with Gasteiger partial charge in [0.2, 0.25) is 0 Å². The van der Waals surface area contributed by atoms with Crippen LogP contribution in [-0.4, -0.2) is 39.6 Å². The summed E-state index contributed by atoms with van der Waals surface area (Å²) in [5.41, 5.74) is 1.84. The van der Waals surface area contributed by atoms with E-state index in [9.17, 15) is 14.7 Å². The zero-order valence-corrected chi connectivity index (χ0v) is 12.7. The summed E-state index contributed by atoms with van der Waals surface area (Å²) in [7, 11) is 0. The molecule has 1 aliphatic heterocycles. The molecule has 2 aromatic rings. The van der Waals surface area contributed by atoms with E-state index in [0.29, 0.717) is 16.5 Å². The van der Waals surface area contributed by atoms with E-state index in [0.717, 1.165) is 11.1 Å². The minimum atomic E-state index is -0.939. The first-order valence-corrected chi connectivity index (χ1v) is 8.46. The number of thiophene rings is 1. The molecule has 1 N–H and O–H groups in total. The Morgan fingerprint density at radius 3 is 2.67 bits per heavy atom. The van der Waals surface area contributed by atoms with E-state index in [1.807, 2.05) is 41.8 Å². The van der Waals surface area contributed by atoms with E-state index in [4.69, 9.17) is 0 Å². The summed E-state index contributed by atoms with van der Waals surface area (Å²) in [5.74, 6) is -0.248. The Bertz CT molecular complexity index is 669. The van der Waals surface area contributed by atoms with Crippen LogP contribution in [-0.2, 0) is 4.79 Å². The van der Waals surface area contributed by atoms with Gasteiger partial charge in [0.05, 0.1) is 10.8 Å². The lowest BCUT2D eigenvalue weighted by Gasteiger charge is -2.20. The molecule has 6 heteroatoms. The van der Waals surface area contributed by atoms with E-state index in [2.05, 4.69) is 0 Å². The Morgan fingerprint density at radius 1 is 1.19 bits per heavy atom. The number of rotatable bonds is 3. The number of carbonyl (C=O) groups excluding carboxylic acids is 1. The van der Waals surface area contributed by atoms with Crippen LogP contribution < -0.4 is 0 Å². The van der Waals surface area contributed by atoms with Crippen LogP contribution in [0.25, 0.3) is 11.1 Å². The van der Waals surface area contributed by atoms with Gasteiger partial charge in [-0.3, -0.25) is 4.79 Å². The number of amides is 1. The fourth-order valence-electron chi connectivity index (χ4n) is 2.30. The lowest BCUT2D eigenvalue weighted by atomic mass is 10.1. The van der Waals surface area contributed by atoms with Crippen LogP contribution in [0.15, 0.2) is 41.8 Å². The van der Waals surface area contributed by atoms with Crippen molar-refractivity contribution in [1.29, 1.82) is 0 Å². The van der Waals surface area contributed by atoms with Gasteiger partial charge >= 0.3 is 5.97 Å². The van der Waals surface area contributed by atoms with Gasteiger partial charge in [0, 0.05) is 11.3 Å². The number of carboxylic acids is 1. The van der Waals surface area contributed by atoms with Crippen molar-refractivity contribution in [1.82, 2.24) is 4.90 Å². The standard InChI is InChI=1S/C15H13NO3S2/c17-14(16-9-20-8-12(16)15(18)19)13-11(6-7-21-13)10-4-2-1-3-5-10/h1-7,12H,8-9H2,(H,18,19). The number of hydrogen-bond donors (Lipinski definition) is 1. The normalized spacial score (nSPS) is 17.9.